The van der Waals surface area contributed by atoms with Gasteiger partial charge in [0, 0.05) is 24.0 Å². The molecule has 0 bridgehead atoms. The largest absolute Gasteiger partial charge is 0.315 e. The minimum Gasteiger partial charge on any atom is -0.315 e. The van der Waals surface area contributed by atoms with Crippen LogP contribution in [0.3, 0.4) is 0 Å². The monoisotopic (exact) mass is 254 g/mol. The molecule has 2 nitrogen and oxygen atoms in total. The van der Waals surface area contributed by atoms with Gasteiger partial charge in [-0.15, -0.1) is 11.3 Å². The summed E-state index contributed by atoms with van der Waals surface area (Å²) in [4.78, 5) is 3.92. The highest BCUT2D eigenvalue weighted by Crippen LogP contribution is 2.15. The van der Waals surface area contributed by atoms with Gasteiger partial charge in [-0.1, -0.05) is 26.8 Å². The van der Waals surface area contributed by atoms with Gasteiger partial charge in [0.1, 0.15) is 0 Å². The van der Waals surface area contributed by atoms with E-state index < -0.39 is 0 Å². The highest BCUT2D eigenvalue weighted by molar-refractivity contribution is 7.09. The quantitative estimate of drug-likeness (QED) is 0.717. The molecule has 98 valence electrons. The summed E-state index contributed by atoms with van der Waals surface area (Å²) in [6.07, 6.45) is 1.21. The average Bonchev–Trinajstić information content (AvgIpc) is 2.76. The van der Waals surface area contributed by atoms with Crippen molar-refractivity contribution in [3.05, 3.63) is 22.4 Å². The summed E-state index contributed by atoms with van der Waals surface area (Å²) in [5.74, 6) is 0.685. The predicted molar refractivity (Wildman–Crippen MR) is 77.6 cm³/mol. The molecule has 1 aromatic rings. The Bertz CT molecular complexity index is 282. The summed E-state index contributed by atoms with van der Waals surface area (Å²) in [6.45, 7) is 10.1. The molecule has 1 aromatic heterocycles. The van der Waals surface area contributed by atoms with Crippen LogP contribution in [-0.2, 0) is 6.54 Å². The van der Waals surface area contributed by atoms with E-state index in [2.05, 4.69) is 55.5 Å². The van der Waals surface area contributed by atoms with Crippen molar-refractivity contribution in [3.8, 4) is 0 Å². The number of hydrogen-bond acceptors (Lipinski definition) is 3. The second kappa shape index (κ2) is 7.85. The van der Waals surface area contributed by atoms with E-state index in [1.807, 2.05) is 11.3 Å². The van der Waals surface area contributed by atoms with Crippen LogP contribution in [0.2, 0.25) is 0 Å². The number of hydrogen-bond donors (Lipinski definition) is 1. The number of nitrogens with one attached hydrogen (secondary N) is 1. The van der Waals surface area contributed by atoms with Gasteiger partial charge in [0.05, 0.1) is 0 Å². The van der Waals surface area contributed by atoms with Gasteiger partial charge in [0.25, 0.3) is 0 Å². The first-order chi connectivity index (χ1) is 8.15. The Morgan fingerprint density at radius 2 is 2.18 bits per heavy atom. The molecule has 0 fully saturated rings. The van der Waals surface area contributed by atoms with E-state index in [0.29, 0.717) is 12.0 Å². The van der Waals surface area contributed by atoms with Gasteiger partial charge in [-0.2, -0.15) is 0 Å². The lowest BCUT2D eigenvalue weighted by Gasteiger charge is -2.31. The lowest BCUT2D eigenvalue weighted by atomic mass is 10.0. The molecule has 0 aliphatic heterocycles. The molecule has 0 saturated heterocycles. The minimum atomic E-state index is 0.614. The molecule has 0 spiro atoms. The first kappa shape index (κ1) is 14.7. The van der Waals surface area contributed by atoms with E-state index >= 15 is 0 Å². The highest BCUT2D eigenvalue weighted by atomic mass is 32.1. The van der Waals surface area contributed by atoms with Gasteiger partial charge in [-0.05, 0) is 37.4 Å². The third-order valence-corrected chi connectivity index (χ3v) is 3.96. The Morgan fingerprint density at radius 3 is 2.71 bits per heavy atom. The zero-order valence-electron chi connectivity index (χ0n) is 11.6. The number of rotatable bonds is 8. The molecular formula is C14H26N2S. The van der Waals surface area contributed by atoms with E-state index in [9.17, 15) is 0 Å². The van der Waals surface area contributed by atoms with Gasteiger partial charge in [-0.3, -0.25) is 4.90 Å². The average molecular weight is 254 g/mol. The van der Waals surface area contributed by atoms with Gasteiger partial charge in [-0.25, -0.2) is 0 Å². The summed E-state index contributed by atoms with van der Waals surface area (Å²) in [5.41, 5.74) is 0. The van der Waals surface area contributed by atoms with Crippen LogP contribution in [0.25, 0.3) is 0 Å². The highest BCUT2D eigenvalue weighted by Gasteiger charge is 2.18. The summed E-state index contributed by atoms with van der Waals surface area (Å²) in [7, 11) is 2.23. The van der Waals surface area contributed by atoms with E-state index in [1.165, 1.54) is 11.3 Å². The smallest absolute Gasteiger partial charge is 0.0328 e. The maximum atomic E-state index is 3.54. The first-order valence-corrected chi connectivity index (χ1v) is 7.46. The molecule has 1 unspecified atom stereocenters. The molecule has 1 heterocycles. The maximum Gasteiger partial charge on any atom is 0.0328 e. The fourth-order valence-corrected chi connectivity index (χ4v) is 2.86. The normalized spacial score (nSPS) is 13.5. The molecular weight excluding hydrogens is 228 g/mol. The molecule has 1 N–H and O–H groups in total. The fraction of sp³-hybridized carbons (Fsp3) is 0.714. The third kappa shape index (κ3) is 5.19. The minimum absolute atomic E-state index is 0.614. The Kier molecular flexibility index (Phi) is 6.78. The van der Waals surface area contributed by atoms with Crippen molar-refractivity contribution in [2.75, 3.05) is 20.1 Å². The van der Waals surface area contributed by atoms with Crippen molar-refractivity contribution in [1.29, 1.82) is 0 Å². The summed E-state index contributed by atoms with van der Waals surface area (Å²) < 4.78 is 0. The number of likely N-dealkylation sites (N-methyl/N-ethyl adjacent to an activating group) is 1. The van der Waals surface area contributed by atoms with Crippen LogP contribution in [-0.4, -0.2) is 31.1 Å². The van der Waals surface area contributed by atoms with E-state index in [1.54, 1.807) is 0 Å². The molecule has 0 aliphatic carbocycles. The molecule has 0 saturated carbocycles. The van der Waals surface area contributed by atoms with Crippen LogP contribution in [0.5, 0.6) is 0 Å². The molecule has 0 amide bonds. The number of thiophene rings is 1. The Balaban J connectivity index is 2.45. The van der Waals surface area contributed by atoms with Crippen molar-refractivity contribution < 1.29 is 0 Å². The summed E-state index contributed by atoms with van der Waals surface area (Å²) in [6, 6.07) is 4.97. The van der Waals surface area contributed by atoms with Crippen molar-refractivity contribution >= 4 is 11.3 Å². The predicted octanol–water partition coefficient (Wildman–Crippen LogP) is 3.20. The summed E-state index contributed by atoms with van der Waals surface area (Å²) in [5, 5.41) is 5.69. The van der Waals surface area contributed by atoms with Crippen molar-refractivity contribution in [2.24, 2.45) is 5.92 Å². The van der Waals surface area contributed by atoms with Crippen molar-refractivity contribution in [3.63, 3.8) is 0 Å². The Labute approximate surface area is 110 Å². The van der Waals surface area contributed by atoms with Crippen molar-refractivity contribution in [2.45, 2.75) is 39.8 Å². The Hall–Kier alpha value is -0.380. The molecule has 17 heavy (non-hydrogen) atoms. The molecule has 1 rings (SSSR count). The fourth-order valence-electron chi connectivity index (χ4n) is 2.09. The van der Waals surface area contributed by atoms with Crippen LogP contribution < -0.4 is 5.32 Å². The Morgan fingerprint density at radius 1 is 1.41 bits per heavy atom. The second-order valence-corrected chi connectivity index (χ2v) is 6.04. The van der Waals surface area contributed by atoms with Crippen LogP contribution in [0.1, 0.15) is 32.1 Å². The third-order valence-electron chi connectivity index (χ3n) is 3.10. The zero-order valence-corrected chi connectivity index (χ0v) is 12.4. The first-order valence-electron chi connectivity index (χ1n) is 6.58. The number of nitrogens with zero attached hydrogens (tertiary/aromatic N) is 1. The molecule has 0 radical (unpaired) electrons. The van der Waals surface area contributed by atoms with E-state index in [0.717, 1.165) is 19.6 Å². The van der Waals surface area contributed by atoms with Crippen LogP contribution in [0, 0.1) is 5.92 Å². The molecule has 0 aliphatic rings. The standard InChI is InChI=1S/C14H26N2S/c1-5-8-15-10-14(12(2)3)16(4)11-13-7-6-9-17-13/h6-7,9,12,14-15H,5,8,10-11H2,1-4H3. The van der Waals surface area contributed by atoms with Crippen LogP contribution >= 0.6 is 11.3 Å². The van der Waals surface area contributed by atoms with Gasteiger partial charge in [0.15, 0.2) is 0 Å². The SMILES string of the molecule is CCCNCC(C(C)C)N(C)Cc1cccs1. The maximum absolute atomic E-state index is 3.54. The van der Waals surface area contributed by atoms with Crippen molar-refractivity contribution in [1.82, 2.24) is 10.2 Å². The van der Waals surface area contributed by atoms with E-state index in [-0.39, 0.29) is 0 Å². The second-order valence-electron chi connectivity index (χ2n) is 5.01. The lowest BCUT2D eigenvalue weighted by molar-refractivity contribution is 0.181. The topological polar surface area (TPSA) is 15.3 Å². The lowest BCUT2D eigenvalue weighted by Crippen LogP contribution is -2.43. The van der Waals surface area contributed by atoms with Gasteiger partial charge in [0.2, 0.25) is 0 Å². The van der Waals surface area contributed by atoms with Crippen LogP contribution in [0.15, 0.2) is 17.5 Å². The molecule has 1 atom stereocenters. The van der Waals surface area contributed by atoms with Gasteiger partial charge >= 0.3 is 0 Å². The van der Waals surface area contributed by atoms with E-state index in [4.69, 9.17) is 0 Å². The van der Waals surface area contributed by atoms with Crippen LogP contribution in [0.4, 0.5) is 0 Å². The zero-order chi connectivity index (χ0) is 12.7. The molecule has 3 heteroatoms. The molecule has 0 aromatic carbocycles. The summed E-state index contributed by atoms with van der Waals surface area (Å²) >= 11 is 1.85. The van der Waals surface area contributed by atoms with Gasteiger partial charge < -0.3 is 5.32 Å².